The van der Waals surface area contributed by atoms with Crippen LogP contribution in [0.15, 0.2) is 30.3 Å². The standard InChI is InChI=1S/C29H47NO12/c1-29(2,3)42-28(33)30-9-10-34-11-12-35-13-14-36-15-16-37-17-18-38-19-20-39-21-22-40-23-24-41-27(32)26(31)25-7-5-4-6-8-25/h4-8H,9-24H2,1-3H3,(H,30,33). The first kappa shape index (κ1) is 37.4. The molecule has 0 bridgehead atoms. The Morgan fingerprint density at radius 3 is 1.36 bits per heavy atom. The summed E-state index contributed by atoms with van der Waals surface area (Å²) < 4.78 is 47.8. The summed E-state index contributed by atoms with van der Waals surface area (Å²) in [4.78, 5) is 35.0. The van der Waals surface area contributed by atoms with E-state index >= 15 is 0 Å². The number of amides is 1. The van der Waals surface area contributed by atoms with E-state index in [-0.39, 0.29) is 13.2 Å². The average molecular weight is 602 g/mol. The zero-order chi connectivity index (χ0) is 30.7. The Morgan fingerprint density at radius 1 is 0.571 bits per heavy atom. The first-order valence-corrected chi connectivity index (χ1v) is 14.1. The molecule has 0 atom stereocenters. The molecule has 0 radical (unpaired) electrons. The van der Waals surface area contributed by atoms with Crippen LogP contribution in [0.4, 0.5) is 4.79 Å². The Labute approximate surface area is 248 Å². The fourth-order valence-corrected chi connectivity index (χ4v) is 2.93. The molecule has 0 aromatic heterocycles. The predicted octanol–water partition coefficient (Wildman–Crippen LogP) is 2.05. The van der Waals surface area contributed by atoms with Crippen LogP contribution in [0.25, 0.3) is 0 Å². The van der Waals surface area contributed by atoms with Gasteiger partial charge < -0.3 is 47.9 Å². The average Bonchev–Trinajstić information content (AvgIpc) is 2.96. The van der Waals surface area contributed by atoms with Crippen LogP contribution in [-0.2, 0) is 47.4 Å². The summed E-state index contributed by atoms with van der Waals surface area (Å²) in [5.41, 5.74) is -0.226. The Hall–Kier alpha value is -2.65. The molecule has 0 saturated carbocycles. The van der Waals surface area contributed by atoms with Crippen molar-refractivity contribution in [3.05, 3.63) is 35.9 Å². The van der Waals surface area contributed by atoms with Crippen LogP contribution in [-0.4, -0.2) is 129 Å². The van der Waals surface area contributed by atoms with Crippen LogP contribution in [0.3, 0.4) is 0 Å². The van der Waals surface area contributed by atoms with Gasteiger partial charge in [-0.2, -0.15) is 0 Å². The maximum Gasteiger partial charge on any atom is 0.407 e. The number of hydrogen-bond acceptors (Lipinski definition) is 12. The number of benzene rings is 1. The summed E-state index contributed by atoms with van der Waals surface area (Å²) in [5, 5.41) is 2.62. The molecular formula is C29H47NO12. The summed E-state index contributed by atoms with van der Waals surface area (Å²) in [7, 11) is 0. The second-order valence-corrected chi connectivity index (χ2v) is 9.55. The number of rotatable bonds is 26. The molecule has 13 heteroatoms. The molecule has 1 amide bonds. The van der Waals surface area contributed by atoms with Gasteiger partial charge in [-0.1, -0.05) is 30.3 Å². The Bertz CT molecular complexity index is 832. The summed E-state index contributed by atoms with van der Waals surface area (Å²) in [6.45, 7) is 11.5. The second kappa shape index (κ2) is 24.9. The monoisotopic (exact) mass is 601 g/mol. The molecule has 13 nitrogen and oxygen atoms in total. The van der Waals surface area contributed by atoms with Crippen molar-refractivity contribution in [1.82, 2.24) is 5.32 Å². The lowest BCUT2D eigenvalue weighted by atomic mass is 10.1. The van der Waals surface area contributed by atoms with E-state index in [0.29, 0.717) is 98.0 Å². The third kappa shape index (κ3) is 23.0. The van der Waals surface area contributed by atoms with Gasteiger partial charge in [-0.05, 0) is 20.8 Å². The molecule has 1 aromatic carbocycles. The van der Waals surface area contributed by atoms with E-state index in [1.165, 1.54) is 0 Å². The minimum Gasteiger partial charge on any atom is -0.457 e. The number of alkyl carbamates (subject to hydrolysis) is 1. The van der Waals surface area contributed by atoms with Crippen LogP contribution in [0.2, 0.25) is 0 Å². The molecule has 42 heavy (non-hydrogen) atoms. The quantitative estimate of drug-likeness (QED) is 0.0718. The van der Waals surface area contributed by atoms with Crippen molar-refractivity contribution in [2.75, 3.05) is 106 Å². The van der Waals surface area contributed by atoms with Crippen LogP contribution in [0.1, 0.15) is 31.1 Å². The van der Waals surface area contributed by atoms with Crippen molar-refractivity contribution < 1.29 is 57.0 Å². The van der Waals surface area contributed by atoms with Crippen LogP contribution in [0, 0.1) is 0 Å². The Morgan fingerprint density at radius 2 is 0.952 bits per heavy atom. The van der Waals surface area contributed by atoms with Crippen molar-refractivity contribution in [1.29, 1.82) is 0 Å². The zero-order valence-corrected chi connectivity index (χ0v) is 25.1. The lowest BCUT2D eigenvalue weighted by Gasteiger charge is -2.19. The number of Topliss-reactive ketones (excluding diaryl/α,β-unsaturated/α-hetero) is 1. The van der Waals surface area contributed by atoms with E-state index in [2.05, 4.69) is 5.32 Å². The van der Waals surface area contributed by atoms with Crippen LogP contribution < -0.4 is 5.32 Å². The number of ketones is 1. The molecular weight excluding hydrogens is 554 g/mol. The minimum absolute atomic E-state index is 0.00597. The minimum atomic E-state index is -0.901. The fraction of sp³-hybridized carbons (Fsp3) is 0.690. The molecule has 0 heterocycles. The van der Waals surface area contributed by atoms with Gasteiger partial charge in [-0.25, -0.2) is 9.59 Å². The summed E-state index contributed by atoms with van der Waals surface area (Å²) in [5.74, 6) is -1.58. The summed E-state index contributed by atoms with van der Waals surface area (Å²) in [6.07, 6.45) is -0.462. The topological polar surface area (TPSA) is 146 Å². The maximum atomic E-state index is 11.9. The van der Waals surface area contributed by atoms with Gasteiger partial charge >= 0.3 is 12.1 Å². The second-order valence-electron chi connectivity index (χ2n) is 9.55. The number of hydrogen-bond donors (Lipinski definition) is 1. The molecule has 0 fully saturated rings. The molecule has 0 unspecified atom stereocenters. The molecule has 1 N–H and O–H groups in total. The van der Waals surface area contributed by atoms with E-state index in [1.54, 1.807) is 30.3 Å². The first-order chi connectivity index (χ1) is 20.3. The third-order valence-electron chi connectivity index (χ3n) is 4.83. The van der Waals surface area contributed by atoms with Crippen LogP contribution in [0.5, 0.6) is 0 Å². The number of ether oxygens (including phenoxy) is 9. The largest absolute Gasteiger partial charge is 0.457 e. The first-order valence-electron chi connectivity index (χ1n) is 14.1. The number of carbonyl (C=O) groups is 3. The molecule has 0 aliphatic heterocycles. The highest BCUT2D eigenvalue weighted by atomic mass is 16.6. The molecule has 0 aliphatic carbocycles. The smallest absolute Gasteiger partial charge is 0.407 e. The zero-order valence-electron chi connectivity index (χ0n) is 25.1. The number of esters is 1. The highest BCUT2D eigenvalue weighted by molar-refractivity contribution is 6.40. The third-order valence-corrected chi connectivity index (χ3v) is 4.83. The van der Waals surface area contributed by atoms with Gasteiger partial charge in [0, 0.05) is 12.1 Å². The van der Waals surface area contributed by atoms with Crippen molar-refractivity contribution in [3.8, 4) is 0 Å². The van der Waals surface area contributed by atoms with E-state index in [0.717, 1.165) is 0 Å². The SMILES string of the molecule is CC(C)(C)OC(=O)NCCOCCOCCOCCOCCOCCOCCOCCOC(=O)C(=O)c1ccccc1. The van der Waals surface area contributed by atoms with Crippen molar-refractivity contribution in [2.45, 2.75) is 26.4 Å². The summed E-state index contributed by atoms with van der Waals surface area (Å²) >= 11 is 0. The van der Waals surface area contributed by atoms with Gasteiger partial charge in [0.2, 0.25) is 0 Å². The van der Waals surface area contributed by atoms with Gasteiger partial charge in [0.1, 0.15) is 12.2 Å². The van der Waals surface area contributed by atoms with E-state index < -0.39 is 23.4 Å². The molecule has 1 aromatic rings. The van der Waals surface area contributed by atoms with Gasteiger partial charge in [0.05, 0.1) is 92.5 Å². The van der Waals surface area contributed by atoms with Crippen molar-refractivity contribution in [2.24, 2.45) is 0 Å². The van der Waals surface area contributed by atoms with Gasteiger partial charge in [-0.3, -0.25) is 4.79 Å². The fourth-order valence-electron chi connectivity index (χ4n) is 2.93. The van der Waals surface area contributed by atoms with E-state index in [9.17, 15) is 14.4 Å². The molecule has 1 rings (SSSR count). The van der Waals surface area contributed by atoms with Gasteiger partial charge in [-0.15, -0.1) is 0 Å². The highest BCUT2D eigenvalue weighted by Gasteiger charge is 2.17. The lowest BCUT2D eigenvalue weighted by Crippen LogP contribution is -2.34. The number of carbonyl (C=O) groups excluding carboxylic acids is 3. The molecule has 240 valence electrons. The van der Waals surface area contributed by atoms with Crippen molar-refractivity contribution in [3.63, 3.8) is 0 Å². The Balaban J connectivity index is 1.72. The van der Waals surface area contributed by atoms with Gasteiger partial charge in [0.25, 0.3) is 5.78 Å². The number of nitrogens with one attached hydrogen (secondary N) is 1. The molecule has 0 aliphatic rings. The van der Waals surface area contributed by atoms with Gasteiger partial charge in [0.15, 0.2) is 0 Å². The normalized spacial score (nSPS) is 11.3. The Kier molecular flexibility index (Phi) is 22.2. The predicted molar refractivity (Wildman–Crippen MR) is 152 cm³/mol. The summed E-state index contributed by atoms with van der Waals surface area (Å²) in [6, 6.07) is 8.24. The van der Waals surface area contributed by atoms with E-state index in [4.69, 9.17) is 42.6 Å². The lowest BCUT2D eigenvalue weighted by molar-refractivity contribution is -0.139. The molecule has 0 spiro atoms. The molecule has 0 saturated heterocycles. The van der Waals surface area contributed by atoms with Crippen LogP contribution >= 0.6 is 0 Å². The highest BCUT2D eigenvalue weighted by Crippen LogP contribution is 2.06. The van der Waals surface area contributed by atoms with Crippen molar-refractivity contribution >= 4 is 17.8 Å². The van der Waals surface area contributed by atoms with E-state index in [1.807, 2.05) is 20.8 Å². The maximum absolute atomic E-state index is 11.9.